The number of hydrogen-bond acceptors (Lipinski definition) is 4. The number of hydrogen-bond donors (Lipinski definition) is 1. The third kappa shape index (κ3) is 6.20. The Kier molecular flexibility index (Phi) is 8.73. The van der Waals surface area contributed by atoms with Gasteiger partial charge in [-0.05, 0) is 38.9 Å². The summed E-state index contributed by atoms with van der Waals surface area (Å²) in [7, 11) is -1.59. The second-order valence-corrected chi connectivity index (χ2v) is 7.71. The molecule has 0 amide bonds. The Bertz CT molecular complexity index is 367. The Morgan fingerprint density at radius 1 is 1.05 bits per heavy atom. The molecule has 126 valence electrons. The summed E-state index contributed by atoms with van der Waals surface area (Å²) in [6, 6.07) is 0. The van der Waals surface area contributed by atoms with Gasteiger partial charge in [0.2, 0.25) is 0 Å². The quantitative estimate of drug-likeness (QED) is 0.598. The Morgan fingerprint density at radius 2 is 1.71 bits per heavy atom. The Morgan fingerprint density at radius 3 is 2.29 bits per heavy atom. The molecule has 0 aromatic rings. The summed E-state index contributed by atoms with van der Waals surface area (Å²) in [5, 5.41) is 3.30. The van der Waals surface area contributed by atoms with Gasteiger partial charge >= 0.3 is 0 Å². The molecule has 1 aliphatic heterocycles. The Balaban J connectivity index is 2.35. The van der Waals surface area contributed by atoms with Crippen molar-refractivity contribution < 1.29 is 8.42 Å². The summed E-state index contributed by atoms with van der Waals surface area (Å²) in [4.78, 5) is 2.33. The molecule has 1 fully saturated rings. The van der Waals surface area contributed by atoms with Crippen LogP contribution < -0.4 is 5.32 Å². The summed E-state index contributed by atoms with van der Waals surface area (Å²) in [5.74, 6) is 0. The van der Waals surface area contributed by atoms with Crippen molar-refractivity contribution in [1.82, 2.24) is 18.8 Å². The van der Waals surface area contributed by atoms with Crippen molar-refractivity contribution in [2.24, 2.45) is 0 Å². The normalized spacial score (nSPS) is 18.5. The van der Waals surface area contributed by atoms with E-state index in [2.05, 4.69) is 24.1 Å². The number of nitrogens with one attached hydrogen (secondary N) is 1. The Labute approximate surface area is 130 Å². The lowest BCUT2D eigenvalue weighted by Gasteiger charge is -2.35. The van der Waals surface area contributed by atoms with Gasteiger partial charge in [-0.2, -0.15) is 17.0 Å². The highest BCUT2D eigenvalue weighted by Crippen LogP contribution is 2.11. The molecule has 0 saturated carbocycles. The van der Waals surface area contributed by atoms with E-state index in [1.165, 1.54) is 4.31 Å². The maximum atomic E-state index is 12.5. The van der Waals surface area contributed by atoms with Gasteiger partial charge in [0.05, 0.1) is 0 Å². The average molecular weight is 321 g/mol. The molecular weight excluding hydrogens is 288 g/mol. The molecule has 0 radical (unpaired) electrons. The average Bonchev–Trinajstić information content (AvgIpc) is 2.47. The second-order valence-electron chi connectivity index (χ2n) is 5.67. The van der Waals surface area contributed by atoms with Gasteiger partial charge in [0, 0.05) is 39.8 Å². The fourth-order valence-corrected chi connectivity index (χ4v) is 3.92. The van der Waals surface area contributed by atoms with Crippen LogP contribution in [-0.4, -0.2) is 81.3 Å². The van der Waals surface area contributed by atoms with Gasteiger partial charge in [-0.25, -0.2) is 0 Å². The van der Waals surface area contributed by atoms with Crippen LogP contribution in [0.3, 0.4) is 0 Å². The molecule has 0 aliphatic carbocycles. The fourth-order valence-electron chi connectivity index (χ4n) is 2.54. The van der Waals surface area contributed by atoms with Gasteiger partial charge in [0.1, 0.15) is 0 Å². The van der Waals surface area contributed by atoms with Crippen molar-refractivity contribution in [2.75, 3.05) is 59.4 Å². The van der Waals surface area contributed by atoms with Crippen molar-refractivity contribution in [3.63, 3.8) is 0 Å². The summed E-state index contributed by atoms with van der Waals surface area (Å²) < 4.78 is 28.1. The lowest BCUT2D eigenvalue weighted by molar-refractivity contribution is 0.183. The van der Waals surface area contributed by atoms with Crippen molar-refractivity contribution in [3.05, 3.63) is 0 Å². The van der Waals surface area contributed by atoms with Crippen molar-refractivity contribution in [1.29, 1.82) is 0 Å². The van der Waals surface area contributed by atoms with Gasteiger partial charge in [0.25, 0.3) is 10.2 Å². The predicted molar refractivity (Wildman–Crippen MR) is 87.6 cm³/mol. The molecular formula is C14H32N4O2S. The van der Waals surface area contributed by atoms with Crippen LogP contribution in [0, 0.1) is 0 Å². The van der Waals surface area contributed by atoms with Crippen LogP contribution in [0.5, 0.6) is 0 Å². The van der Waals surface area contributed by atoms with Crippen molar-refractivity contribution in [2.45, 2.75) is 33.1 Å². The number of piperazine rings is 1. The van der Waals surface area contributed by atoms with Crippen molar-refractivity contribution >= 4 is 10.2 Å². The minimum absolute atomic E-state index is 0.578. The van der Waals surface area contributed by atoms with Crippen LogP contribution in [0.25, 0.3) is 0 Å². The van der Waals surface area contributed by atoms with E-state index >= 15 is 0 Å². The SMILES string of the molecule is CCCNCCCN(C)S(=O)(=O)N1CCN(CCC)CC1. The highest BCUT2D eigenvalue weighted by atomic mass is 32.2. The van der Waals surface area contributed by atoms with E-state index in [1.54, 1.807) is 11.4 Å². The molecule has 0 atom stereocenters. The third-order valence-electron chi connectivity index (χ3n) is 3.84. The van der Waals surface area contributed by atoms with Crippen LogP contribution in [0.1, 0.15) is 33.1 Å². The smallest absolute Gasteiger partial charge is 0.281 e. The zero-order chi connectivity index (χ0) is 15.7. The molecule has 0 bridgehead atoms. The van der Waals surface area contributed by atoms with Crippen LogP contribution in [-0.2, 0) is 10.2 Å². The minimum Gasteiger partial charge on any atom is -0.317 e. The van der Waals surface area contributed by atoms with E-state index in [1.807, 2.05) is 0 Å². The number of rotatable bonds is 10. The largest absolute Gasteiger partial charge is 0.317 e. The molecule has 7 heteroatoms. The number of nitrogens with zero attached hydrogens (tertiary/aromatic N) is 3. The third-order valence-corrected chi connectivity index (χ3v) is 5.83. The molecule has 1 aliphatic rings. The maximum Gasteiger partial charge on any atom is 0.281 e. The molecule has 6 nitrogen and oxygen atoms in total. The van der Waals surface area contributed by atoms with E-state index in [9.17, 15) is 8.42 Å². The van der Waals surface area contributed by atoms with E-state index in [-0.39, 0.29) is 0 Å². The molecule has 1 N–H and O–H groups in total. The molecule has 0 spiro atoms. The first-order valence-corrected chi connectivity index (χ1v) is 9.56. The molecule has 0 aromatic carbocycles. The van der Waals surface area contributed by atoms with Gasteiger partial charge in [-0.15, -0.1) is 0 Å². The van der Waals surface area contributed by atoms with Gasteiger partial charge in [-0.1, -0.05) is 13.8 Å². The summed E-state index contributed by atoms with van der Waals surface area (Å²) in [5.41, 5.74) is 0. The van der Waals surface area contributed by atoms with E-state index < -0.39 is 10.2 Å². The van der Waals surface area contributed by atoms with E-state index in [0.717, 1.165) is 52.0 Å². The van der Waals surface area contributed by atoms with Crippen molar-refractivity contribution in [3.8, 4) is 0 Å². The zero-order valence-corrected chi connectivity index (χ0v) is 14.7. The monoisotopic (exact) mass is 320 g/mol. The highest BCUT2D eigenvalue weighted by Gasteiger charge is 2.29. The van der Waals surface area contributed by atoms with E-state index in [0.29, 0.717) is 19.6 Å². The van der Waals surface area contributed by atoms with Gasteiger partial charge in [-0.3, -0.25) is 0 Å². The molecule has 0 aromatic heterocycles. The van der Waals surface area contributed by atoms with Gasteiger partial charge in [0.15, 0.2) is 0 Å². The first-order chi connectivity index (χ1) is 10.0. The summed E-state index contributed by atoms with van der Waals surface area (Å²) in [6.07, 6.45) is 3.08. The molecule has 0 unspecified atom stereocenters. The minimum atomic E-state index is -3.28. The molecule has 21 heavy (non-hydrogen) atoms. The predicted octanol–water partition coefficient (Wildman–Crippen LogP) is 0.580. The topological polar surface area (TPSA) is 55.9 Å². The van der Waals surface area contributed by atoms with Gasteiger partial charge < -0.3 is 10.2 Å². The van der Waals surface area contributed by atoms with Crippen LogP contribution in [0.15, 0.2) is 0 Å². The van der Waals surface area contributed by atoms with Crippen LogP contribution in [0.4, 0.5) is 0 Å². The standard InChI is InChI=1S/C14H32N4O2S/c1-4-7-15-8-6-10-16(3)21(19,20)18-13-11-17(9-5-2)12-14-18/h15H,4-14H2,1-3H3. The molecule has 1 rings (SSSR count). The summed E-state index contributed by atoms with van der Waals surface area (Å²) in [6.45, 7) is 10.7. The van der Waals surface area contributed by atoms with E-state index in [4.69, 9.17) is 0 Å². The highest BCUT2D eigenvalue weighted by molar-refractivity contribution is 7.86. The first kappa shape index (κ1) is 18.8. The maximum absolute atomic E-state index is 12.5. The molecule has 1 heterocycles. The first-order valence-electron chi connectivity index (χ1n) is 8.16. The molecule has 1 saturated heterocycles. The zero-order valence-electron chi connectivity index (χ0n) is 13.8. The Hall–Kier alpha value is -0.210. The lowest BCUT2D eigenvalue weighted by Crippen LogP contribution is -2.52. The van der Waals surface area contributed by atoms with Crippen LogP contribution in [0.2, 0.25) is 0 Å². The lowest BCUT2D eigenvalue weighted by atomic mass is 10.3. The van der Waals surface area contributed by atoms with Crippen LogP contribution >= 0.6 is 0 Å². The fraction of sp³-hybridized carbons (Fsp3) is 1.00. The second kappa shape index (κ2) is 9.74. The summed E-state index contributed by atoms with van der Waals surface area (Å²) >= 11 is 0.